The minimum atomic E-state index is -0.384. The number of benzene rings is 1. The average Bonchev–Trinajstić information content (AvgIpc) is 2.96. The quantitative estimate of drug-likeness (QED) is 0.163. The number of nitrogens with one attached hydrogen (secondary N) is 5. The fraction of sp³-hybridized carbons (Fsp3) is 0.333. The fourth-order valence-corrected chi connectivity index (χ4v) is 3.70. The van der Waals surface area contributed by atoms with Gasteiger partial charge < -0.3 is 31.5 Å². The van der Waals surface area contributed by atoms with Crippen LogP contribution in [-0.4, -0.2) is 77.8 Å². The number of aromatic nitrogens is 3. The van der Waals surface area contributed by atoms with Gasteiger partial charge in [0.05, 0.1) is 0 Å². The molecule has 12 nitrogen and oxygen atoms in total. The van der Waals surface area contributed by atoms with Crippen LogP contribution in [0.25, 0.3) is 0 Å². The lowest BCUT2D eigenvalue weighted by Crippen LogP contribution is -2.26. The Labute approximate surface area is 246 Å². The van der Waals surface area contributed by atoms with Crippen LogP contribution in [-0.2, 0) is 16.0 Å². The Bertz CT molecular complexity index is 1350. The second-order valence-corrected chi connectivity index (χ2v) is 9.70. The largest absolute Gasteiger partial charge is 0.369 e. The highest BCUT2D eigenvalue weighted by atomic mass is 16.2. The molecule has 3 rings (SSSR count). The van der Waals surface area contributed by atoms with Gasteiger partial charge in [0.15, 0.2) is 0 Å². The molecule has 0 aliphatic carbocycles. The van der Waals surface area contributed by atoms with Gasteiger partial charge in [0.2, 0.25) is 17.8 Å². The van der Waals surface area contributed by atoms with Crippen molar-refractivity contribution in [3.63, 3.8) is 0 Å². The van der Waals surface area contributed by atoms with Crippen LogP contribution >= 0.6 is 0 Å². The highest BCUT2D eigenvalue weighted by molar-refractivity contribution is 6.07. The molecule has 0 aliphatic heterocycles. The summed E-state index contributed by atoms with van der Waals surface area (Å²) in [6.45, 7) is 4.15. The van der Waals surface area contributed by atoms with Crippen molar-refractivity contribution in [3.8, 4) is 0 Å². The normalized spacial score (nSPS) is 10.9. The van der Waals surface area contributed by atoms with Gasteiger partial charge in [0.1, 0.15) is 11.4 Å². The van der Waals surface area contributed by atoms with Crippen molar-refractivity contribution < 1.29 is 14.4 Å². The number of hydrogen-bond donors (Lipinski definition) is 5. The summed E-state index contributed by atoms with van der Waals surface area (Å²) in [6, 6.07) is 10.7. The van der Waals surface area contributed by atoms with Crippen molar-refractivity contribution in [1.29, 1.82) is 0 Å². The van der Waals surface area contributed by atoms with E-state index in [2.05, 4.69) is 41.5 Å². The number of pyridine rings is 1. The second-order valence-electron chi connectivity index (χ2n) is 9.70. The van der Waals surface area contributed by atoms with Gasteiger partial charge in [-0.1, -0.05) is 19.1 Å². The maximum atomic E-state index is 13.2. The van der Waals surface area contributed by atoms with E-state index >= 15 is 0 Å². The molecule has 1 aromatic carbocycles. The SMILES string of the molecule is CCCNc1nc(NCCc2ccncc2)ncc1C(=O)Nc1cccc(NC(=O)CCNC(=O)C=CCN(C)C)c1. The standard InChI is InChI=1S/C30H39N9O3/c1-4-14-33-28-25(21-35-30(38-28)34-17-12-22-10-15-31-16-11-22)29(42)37-24-8-5-7-23(20-24)36-27(41)13-18-32-26(40)9-6-19-39(2)3/h5-11,15-16,20-21H,4,12-14,17-19H2,1-3H3,(H,32,40)(H,36,41)(H,37,42)(H2,33,34,35,38). The molecule has 0 aliphatic rings. The van der Waals surface area contributed by atoms with Crippen LogP contribution < -0.4 is 26.6 Å². The van der Waals surface area contributed by atoms with E-state index in [1.165, 1.54) is 12.3 Å². The topological polar surface area (TPSA) is 153 Å². The lowest BCUT2D eigenvalue weighted by molar-refractivity contribution is -0.117. The summed E-state index contributed by atoms with van der Waals surface area (Å²) in [4.78, 5) is 52.2. The van der Waals surface area contributed by atoms with Crippen molar-refractivity contribution in [3.05, 3.63) is 78.3 Å². The minimum absolute atomic E-state index is 0.108. The molecular weight excluding hydrogens is 534 g/mol. The zero-order chi connectivity index (χ0) is 30.2. The third-order valence-electron chi connectivity index (χ3n) is 5.82. The Kier molecular flexibility index (Phi) is 12.9. The molecule has 0 unspecified atom stereocenters. The zero-order valence-electron chi connectivity index (χ0n) is 24.3. The molecule has 42 heavy (non-hydrogen) atoms. The summed E-state index contributed by atoms with van der Waals surface area (Å²) in [5.74, 6) is -0.0450. The molecule has 0 atom stereocenters. The molecule has 2 aromatic heterocycles. The fourth-order valence-electron chi connectivity index (χ4n) is 3.70. The van der Waals surface area contributed by atoms with E-state index < -0.39 is 0 Å². The van der Waals surface area contributed by atoms with Crippen molar-refractivity contribution in [1.82, 2.24) is 25.2 Å². The molecule has 5 N–H and O–H groups in total. The Morgan fingerprint density at radius 2 is 1.71 bits per heavy atom. The molecule has 222 valence electrons. The molecule has 0 radical (unpaired) electrons. The van der Waals surface area contributed by atoms with Gasteiger partial charge >= 0.3 is 0 Å². The van der Waals surface area contributed by atoms with Crippen LogP contribution in [0, 0.1) is 0 Å². The highest BCUT2D eigenvalue weighted by Crippen LogP contribution is 2.19. The van der Waals surface area contributed by atoms with Gasteiger partial charge in [-0.3, -0.25) is 19.4 Å². The maximum absolute atomic E-state index is 13.2. The molecule has 0 bridgehead atoms. The predicted molar refractivity (Wildman–Crippen MR) is 166 cm³/mol. The molecule has 0 saturated carbocycles. The van der Waals surface area contributed by atoms with Crippen LogP contribution in [0.15, 0.2) is 67.1 Å². The first kappa shape index (κ1) is 31.7. The van der Waals surface area contributed by atoms with E-state index in [1.807, 2.05) is 38.1 Å². The minimum Gasteiger partial charge on any atom is -0.369 e. The number of likely N-dealkylation sites (N-methyl/N-ethyl adjacent to an activating group) is 1. The number of carbonyl (C=O) groups is 3. The average molecular weight is 574 g/mol. The van der Waals surface area contributed by atoms with Crippen LogP contribution in [0.4, 0.5) is 23.1 Å². The summed E-state index contributed by atoms with van der Waals surface area (Å²) in [5.41, 5.74) is 2.46. The molecular formula is C30H39N9O3. The maximum Gasteiger partial charge on any atom is 0.260 e. The summed E-state index contributed by atoms with van der Waals surface area (Å²) in [7, 11) is 3.82. The van der Waals surface area contributed by atoms with E-state index in [-0.39, 0.29) is 30.7 Å². The van der Waals surface area contributed by atoms with Gasteiger partial charge in [-0.15, -0.1) is 0 Å². The van der Waals surface area contributed by atoms with Crippen LogP contribution in [0.1, 0.15) is 35.7 Å². The molecule has 3 amide bonds. The Balaban J connectivity index is 1.55. The first-order valence-electron chi connectivity index (χ1n) is 13.9. The van der Waals surface area contributed by atoms with Crippen molar-refractivity contribution in [2.45, 2.75) is 26.2 Å². The van der Waals surface area contributed by atoms with E-state index in [4.69, 9.17) is 0 Å². The van der Waals surface area contributed by atoms with Crippen molar-refractivity contribution in [2.75, 3.05) is 61.5 Å². The number of amides is 3. The second kappa shape index (κ2) is 17.1. The summed E-state index contributed by atoms with van der Waals surface area (Å²) < 4.78 is 0. The third kappa shape index (κ3) is 11.3. The molecule has 12 heteroatoms. The Hall–Kier alpha value is -4.84. The van der Waals surface area contributed by atoms with Crippen LogP contribution in [0.5, 0.6) is 0 Å². The van der Waals surface area contributed by atoms with E-state index in [1.54, 1.807) is 42.7 Å². The number of hydrogen-bond acceptors (Lipinski definition) is 9. The Morgan fingerprint density at radius 3 is 2.45 bits per heavy atom. The number of rotatable bonds is 16. The van der Waals surface area contributed by atoms with Gasteiger partial charge in [-0.25, -0.2) is 4.98 Å². The number of carbonyl (C=O) groups excluding carboxylic acids is 3. The highest BCUT2D eigenvalue weighted by Gasteiger charge is 2.15. The van der Waals surface area contributed by atoms with Gasteiger partial charge in [0.25, 0.3) is 5.91 Å². The lowest BCUT2D eigenvalue weighted by atomic mass is 10.2. The third-order valence-corrected chi connectivity index (χ3v) is 5.82. The molecule has 0 spiro atoms. The number of anilines is 4. The first-order valence-corrected chi connectivity index (χ1v) is 13.9. The molecule has 2 heterocycles. The number of nitrogens with zero attached hydrogens (tertiary/aromatic N) is 4. The van der Waals surface area contributed by atoms with Gasteiger partial charge in [-0.05, 0) is 62.8 Å². The van der Waals surface area contributed by atoms with Gasteiger partial charge in [-0.2, -0.15) is 4.98 Å². The zero-order valence-corrected chi connectivity index (χ0v) is 24.3. The molecule has 0 fully saturated rings. The summed E-state index contributed by atoms with van der Waals surface area (Å²) in [6.07, 6.45) is 9.94. The van der Waals surface area contributed by atoms with E-state index in [9.17, 15) is 14.4 Å². The summed E-state index contributed by atoms with van der Waals surface area (Å²) in [5, 5.41) is 14.7. The van der Waals surface area contributed by atoms with Crippen molar-refractivity contribution >= 4 is 40.9 Å². The van der Waals surface area contributed by atoms with Crippen LogP contribution in [0.3, 0.4) is 0 Å². The van der Waals surface area contributed by atoms with Crippen LogP contribution in [0.2, 0.25) is 0 Å². The summed E-state index contributed by atoms with van der Waals surface area (Å²) >= 11 is 0. The van der Waals surface area contributed by atoms with E-state index in [0.717, 1.165) is 18.4 Å². The van der Waals surface area contributed by atoms with Gasteiger partial charge in [0, 0.05) is 68.6 Å². The predicted octanol–water partition coefficient (Wildman–Crippen LogP) is 3.16. The van der Waals surface area contributed by atoms with E-state index in [0.29, 0.717) is 48.3 Å². The smallest absolute Gasteiger partial charge is 0.260 e. The first-order chi connectivity index (χ1) is 20.3. The molecule has 3 aromatic rings. The monoisotopic (exact) mass is 573 g/mol. The molecule has 0 saturated heterocycles. The Morgan fingerprint density at radius 1 is 0.952 bits per heavy atom. The van der Waals surface area contributed by atoms with Crippen molar-refractivity contribution in [2.24, 2.45) is 0 Å². The lowest BCUT2D eigenvalue weighted by Gasteiger charge is -2.13.